The lowest BCUT2D eigenvalue weighted by Crippen LogP contribution is -2.53. The highest BCUT2D eigenvalue weighted by Crippen LogP contribution is 2.27. The number of hydrogen-bond donors (Lipinski definition) is 2. The molecule has 3 rings (SSSR count). The summed E-state index contributed by atoms with van der Waals surface area (Å²) in [6, 6.07) is 17.7. The van der Waals surface area contributed by atoms with E-state index in [1.807, 2.05) is 88.4 Å². The number of rotatable bonds is 7. The van der Waals surface area contributed by atoms with Crippen molar-refractivity contribution in [1.82, 2.24) is 10.2 Å². The number of nitrogens with one attached hydrogen (secondary N) is 2. The molecule has 7 nitrogen and oxygen atoms in total. The summed E-state index contributed by atoms with van der Waals surface area (Å²) in [4.78, 5) is 41.5. The maximum atomic E-state index is 13.8. The highest BCUT2D eigenvalue weighted by molar-refractivity contribution is 6.00. The minimum atomic E-state index is -0.922. The van der Waals surface area contributed by atoms with Gasteiger partial charge >= 0.3 is 6.09 Å². The Bertz CT molecular complexity index is 1310. The number of nitrogens with zero attached hydrogens (tertiary/aromatic N) is 1. The average Bonchev–Trinajstić information content (AvgIpc) is 2.80. The highest BCUT2D eigenvalue weighted by Gasteiger charge is 2.35. The van der Waals surface area contributed by atoms with Gasteiger partial charge in [-0.3, -0.25) is 9.59 Å². The van der Waals surface area contributed by atoms with Crippen molar-refractivity contribution >= 4 is 34.4 Å². The van der Waals surface area contributed by atoms with Crippen LogP contribution in [0.2, 0.25) is 0 Å². The highest BCUT2D eigenvalue weighted by atomic mass is 16.6. The molecule has 0 bridgehead atoms. The maximum absolute atomic E-state index is 13.8. The van der Waals surface area contributed by atoms with Gasteiger partial charge in [-0.1, -0.05) is 73.5 Å². The van der Waals surface area contributed by atoms with Gasteiger partial charge in [0.05, 0.1) is 0 Å². The van der Waals surface area contributed by atoms with E-state index >= 15 is 0 Å². The Balaban J connectivity index is 1.95. The molecule has 0 spiro atoms. The van der Waals surface area contributed by atoms with Gasteiger partial charge in [0.2, 0.25) is 5.91 Å². The van der Waals surface area contributed by atoms with Crippen molar-refractivity contribution in [2.75, 3.05) is 12.4 Å². The van der Waals surface area contributed by atoms with Gasteiger partial charge in [0, 0.05) is 12.7 Å². The number of amides is 3. The van der Waals surface area contributed by atoms with Crippen LogP contribution in [0.5, 0.6) is 0 Å². The molecular formula is C31H39N3O4. The number of ether oxygens (including phenoxy) is 1. The number of carbonyl (C=O) groups is 3. The van der Waals surface area contributed by atoms with E-state index in [4.69, 9.17) is 4.74 Å². The molecule has 0 saturated heterocycles. The molecule has 38 heavy (non-hydrogen) atoms. The fraction of sp³-hybridized carbons (Fsp3) is 0.387. The first-order valence-electron chi connectivity index (χ1n) is 12.9. The summed E-state index contributed by atoms with van der Waals surface area (Å²) >= 11 is 0. The third kappa shape index (κ3) is 7.34. The van der Waals surface area contributed by atoms with Crippen molar-refractivity contribution in [1.29, 1.82) is 0 Å². The number of carbonyl (C=O) groups excluding carboxylic acids is 3. The number of aryl methyl sites for hydroxylation is 2. The normalized spacial score (nSPS) is 13.1. The number of anilines is 1. The molecule has 0 fully saturated rings. The Morgan fingerprint density at radius 1 is 0.868 bits per heavy atom. The van der Waals surface area contributed by atoms with E-state index in [1.54, 1.807) is 27.8 Å². The van der Waals surface area contributed by atoms with Crippen molar-refractivity contribution in [3.8, 4) is 0 Å². The summed E-state index contributed by atoms with van der Waals surface area (Å²) < 4.78 is 5.39. The summed E-state index contributed by atoms with van der Waals surface area (Å²) in [6.07, 6.45) is -0.679. The molecular weight excluding hydrogens is 478 g/mol. The van der Waals surface area contributed by atoms with Crippen LogP contribution in [-0.4, -0.2) is 41.5 Å². The van der Waals surface area contributed by atoms with Crippen LogP contribution in [0.15, 0.2) is 60.7 Å². The Labute approximate surface area is 225 Å². The van der Waals surface area contributed by atoms with E-state index in [9.17, 15) is 14.4 Å². The van der Waals surface area contributed by atoms with E-state index in [-0.39, 0.29) is 17.7 Å². The Morgan fingerprint density at radius 2 is 1.47 bits per heavy atom. The SMILES string of the molecule is Cc1cc(C)cc(C(C(=O)Nc2ccc3ccccc3c2)N(C)C(=O)C(NC(=O)OC(C)(C)C)C(C)C)c1. The number of hydrogen-bond acceptors (Lipinski definition) is 4. The Kier molecular flexibility index (Phi) is 8.82. The van der Waals surface area contributed by atoms with E-state index < -0.39 is 23.8 Å². The standard InChI is InChI=1S/C31H39N3O4/c1-19(2)26(33-30(37)38-31(5,6)7)29(36)34(8)27(24-16-20(3)15-21(4)17-24)28(35)32-25-14-13-22-11-9-10-12-23(22)18-25/h9-19,26-27H,1-8H3,(H,32,35)(H,33,37). The predicted molar refractivity (Wildman–Crippen MR) is 152 cm³/mol. The third-order valence-corrected chi connectivity index (χ3v) is 6.16. The molecule has 2 atom stereocenters. The summed E-state index contributed by atoms with van der Waals surface area (Å²) in [5.41, 5.74) is 2.59. The maximum Gasteiger partial charge on any atom is 0.408 e. The number of fused-ring (bicyclic) bond motifs is 1. The van der Waals surface area contributed by atoms with Crippen LogP contribution in [0.4, 0.5) is 10.5 Å². The zero-order chi connectivity index (χ0) is 28.2. The molecule has 0 aliphatic rings. The van der Waals surface area contributed by atoms with Crippen LogP contribution < -0.4 is 10.6 Å². The monoisotopic (exact) mass is 517 g/mol. The van der Waals surface area contributed by atoms with E-state index in [0.717, 1.165) is 21.9 Å². The minimum Gasteiger partial charge on any atom is -0.444 e. The molecule has 0 aliphatic carbocycles. The fourth-order valence-corrected chi connectivity index (χ4v) is 4.49. The molecule has 0 aliphatic heterocycles. The number of likely N-dealkylation sites (N-methyl/N-ethyl adjacent to an activating group) is 1. The Hall–Kier alpha value is -3.87. The zero-order valence-electron chi connectivity index (χ0n) is 23.6. The summed E-state index contributed by atoms with van der Waals surface area (Å²) in [7, 11) is 1.59. The first-order chi connectivity index (χ1) is 17.7. The van der Waals surface area contributed by atoms with E-state index in [1.165, 1.54) is 4.90 Å². The fourth-order valence-electron chi connectivity index (χ4n) is 4.49. The van der Waals surface area contributed by atoms with Crippen molar-refractivity contribution < 1.29 is 19.1 Å². The number of alkyl carbamates (subject to hydrolysis) is 1. The van der Waals surface area contributed by atoms with Gasteiger partial charge in [-0.2, -0.15) is 0 Å². The van der Waals surface area contributed by atoms with Crippen LogP contribution in [0.25, 0.3) is 10.8 Å². The first-order valence-corrected chi connectivity index (χ1v) is 12.9. The van der Waals surface area contributed by atoms with Crippen LogP contribution in [0.3, 0.4) is 0 Å². The third-order valence-electron chi connectivity index (χ3n) is 6.16. The quantitative estimate of drug-likeness (QED) is 0.394. The van der Waals surface area contributed by atoms with Crippen molar-refractivity contribution in [3.63, 3.8) is 0 Å². The molecule has 0 saturated carbocycles. The molecule has 202 valence electrons. The lowest BCUT2D eigenvalue weighted by molar-refractivity contribution is -0.140. The second-order valence-corrected chi connectivity index (χ2v) is 11.2. The molecule has 0 aromatic heterocycles. The molecule has 3 aromatic rings. The van der Waals surface area contributed by atoms with E-state index in [0.29, 0.717) is 11.3 Å². The molecule has 2 N–H and O–H groups in total. The van der Waals surface area contributed by atoms with Crippen LogP contribution in [-0.2, 0) is 14.3 Å². The molecule has 0 heterocycles. The van der Waals surface area contributed by atoms with Crippen molar-refractivity contribution in [2.45, 2.75) is 66.2 Å². The van der Waals surface area contributed by atoms with Gasteiger partial charge in [-0.25, -0.2) is 4.79 Å². The second kappa shape index (κ2) is 11.7. The van der Waals surface area contributed by atoms with Crippen LogP contribution >= 0.6 is 0 Å². The van der Waals surface area contributed by atoms with Crippen molar-refractivity contribution in [3.05, 3.63) is 77.4 Å². The predicted octanol–water partition coefficient (Wildman–Crippen LogP) is 6.14. The largest absolute Gasteiger partial charge is 0.444 e. The molecule has 7 heteroatoms. The number of benzene rings is 3. The average molecular weight is 518 g/mol. The summed E-state index contributed by atoms with van der Waals surface area (Å²) in [5, 5.41) is 7.78. The van der Waals surface area contributed by atoms with Gasteiger partial charge in [-0.05, 0) is 69.0 Å². The molecule has 3 aromatic carbocycles. The summed E-state index contributed by atoms with van der Waals surface area (Å²) in [5.74, 6) is -0.967. The molecule has 2 unspecified atom stereocenters. The Morgan fingerprint density at radius 3 is 2.05 bits per heavy atom. The van der Waals surface area contributed by atoms with E-state index in [2.05, 4.69) is 10.6 Å². The second-order valence-electron chi connectivity index (χ2n) is 11.2. The van der Waals surface area contributed by atoms with Gasteiger partial charge in [0.15, 0.2) is 0 Å². The lowest BCUT2D eigenvalue weighted by Gasteiger charge is -2.33. The van der Waals surface area contributed by atoms with Gasteiger partial charge in [-0.15, -0.1) is 0 Å². The molecule has 0 radical (unpaired) electrons. The first kappa shape index (κ1) is 28.7. The zero-order valence-corrected chi connectivity index (χ0v) is 23.6. The summed E-state index contributed by atoms with van der Waals surface area (Å²) in [6.45, 7) is 12.9. The van der Waals surface area contributed by atoms with Crippen LogP contribution in [0.1, 0.15) is 57.4 Å². The minimum absolute atomic E-state index is 0.235. The smallest absolute Gasteiger partial charge is 0.408 e. The molecule has 3 amide bonds. The topological polar surface area (TPSA) is 87.7 Å². The van der Waals surface area contributed by atoms with Crippen LogP contribution in [0, 0.1) is 19.8 Å². The van der Waals surface area contributed by atoms with Gasteiger partial charge in [0.1, 0.15) is 17.7 Å². The van der Waals surface area contributed by atoms with Gasteiger partial charge < -0.3 is 20.3 Å². The lowest BCUT2D eigenvalue weighted by atomic mass is 9.97. The van der Waals surface area contributed by atoms with Gasteiger partial charge in [0.25, 0.3) is 5.91 Å². The van der Waals surface area contributed by atoms with Crippen molar-refractivity contribution in [2.24, 2.45) is 5.92 Å².